The van der Waals surface area contributed by atoms with E-state index in [-0.39, 0.29) is 6.04 Å². The zero-order valence-corrected chi connectivity index (χ0v) is 11.6. The van der Waals surface area contributed by atoms with Gasteiger partial charge in [0.15, 0.2) is 0 Å². The Bertz CT molecular complexity index is 581. The Kier molecular flexibility index (Phi) is 4.12. The molecule has 2 rings (SSSR count). The molecule has 4 nitrogen and oxygen atoms in total. The molecule has 0 saturated carbocycles. The molecule has 0 aliphatic carbocycles. The normalized spacial score (nSPS) is 12.1. The third-order valence-electron chi connectivity index (χ3n) is 2.86. The molecule has 0 amide bonds. The molecule has 0 radical (unpaired) electrons. The Morgan fingerprint density at radius 1 is 1.05 bits per heavy atom. The van der Waals surface area contributed by atoms with Gasteiger partial charge in [0.05, 0.1) is 6.04 Å². The molecule has 0 spiro atoms. The van der Waals surface area contributed by atoms with Gasteiger partial charge in [-0.15, -0.1) is 0 Å². The fourth-order valence-corrected chi connectivity index (χ4v) is 1.80. The highest BCUT2D eigenvalue weighted by molar-refractivity contribution is 5.48. The highest BCUT2D eigenvalue weighted by atomic mass is 19.1. The molecule has 1 N–H and O–H groups in total. The van der Waals surface area contributed by atoms with E-state index in [0.717, 1.165) is 11.9 Å². The van der Waals surface area contributed by atoms with E-state index in [1.54, 1.807) is 6.07 Å². The van der Waals surface area contributed by atoms with Crippen LogP contribution in [0.15, 0.2) is 30.6 Å². The van der Waals surface area contributed by atoms with Crippen LogP contribution in [0.4, 0.5) is 20.4 Å². The van der Waals surface area contributed by atoms with Crippen LogP contribution in [0.2, 0.25) is 0 Å². The fourth-order valence-electron chi connectivity index (χ4n) is 1.80. The molecule has 2 aromatic rings. The smallest absolute Gasteiger partial charge is 0.133 e. The molecule has 1 unspecified atom stereocenters. The molecule has 20 heavy (non-hydrogen) atoms. The van der Waals surface area contributed by atoms with Crippen LogP contribution in [0.5, 0.6) is 0 Å². The number of hydrogen-bond donors (Lipinski definition) is 1. The van der Waals surface area contributed by atoms with Crippen molar-refractivity contribution in [3.05, 3.63) is 47.8 Å². The van der Waals surface area contributed by atoms with Crippen LogP contribution in [0.25, 0.3) is 0 Å². The second-order valence-electron chi connectivity index (χ2n) is 4.72. The molecular weight excluding hydrogens is 262 g/mol. The first-order valence-corrected chi connectivity index (χ1v) is 6.17. The number of hydrogen-bond acceptors (Lipinski definition) is 4. The molecule has 1 aromatic heterocycles. The van der Waals surface area contributed by atoms with Gasteiger partial charge in [0.25, 0.3) is 0 Å². The molecule has 0 bridgehead atoms. The van der Waals surface area contributed by atoms with Gasteiger partial charge in [-0.25, -0.2) is 18.7 Å². The first-order valence-electron chi connectivity index (χ1n) is 6.17. The lowest BCUT2D eigenvalue weighted by atomic mass is 10.1. The van der Waals surface area contributed by atoms with Crippen LogP contribution >= 0.6 is 0 Å². The van der Waals surface area contributed by atoms with Crippen molar-refractivity contribution < 1.29 is 8.78 Å². The molecular formula is C14H16F2N4. The summed E-state index contributed by atoms with van der Waals surface area (Å²) in [5.74, 6) is 0.164. The Labute approximate surface area is 116 Å². The van der Waals surface area contributed by atoms with Gasteiger partial charge in [0.2, 0.25) is 0 Å². The molecule has 0 saturated heterocycles. The van der Waals surface area contributed by atoms with E-state index >= 15 is 0 Å². The first-order chi connectivity index (χ1) is 9.45. The zero-order valence-electron chi connectivity index (χ0n) is 11.6. The van der Waals surface area contributed by atoms with Gasteiger partial charge >= 0.3 is 0 Å². The van der Waals surface area contributed by atoms with Crippen LogP contribution in [0, 0.1) is 11.6 Å². The molecule has 1 heterocycles. The van der Waals surface area contributed by atoms with Crippen LogP contribution in [-0.4, -0.2) is 24.1 Å². The minimum Gasteiger partial charge on any atom is -0.363 e. The van der Waals surface area contributed by atoms with Crippen LogP contribution in [-0.2, 0) is 0 Å². The van der Waals surface area contributed by atoms with Crippen LogP contribution in [0.1, 0.15) is 18.5 Å². The van der Waals surface area contributed by atoms with Crippen LogP contribution in [0.3, 0.4) is 0 Å². The maximum absolute atomic E-state index is 13.2. The Balaban J connectivity index is 2.18. The molecule has 0 fully saturated rings. The number of nitrogens with zero attached hydrogens (tertiary/aromatic N) is 3. The average Bonchev–Trinajstić information content (AvgIpc) is 2.37. The van der Waals surface area contributed by atoms with Crippen molar-refractivity contribution in [1.29, 1.82) is 0 Å². The molecule has 0 aliphatic rings. The predicted octanol–water partition coefficient (Wildman–Crippen LogP) is 2.99. The van der Waals surface area contributed by atoms with Crippen molar-refractivity contribution in [3.8, 4) is 0 Å². The highest BCUT2D eigenvalue weighted by Crippen LogP contribution is 2.21. The van der Waals surface area contributed by atoms with Gasteiger partial charge in [-0.3, -0.25) is 0 Å². The Hall–Kier alpha value is -2.24. The summed E-state index contributed by atoms with van der Waals surface area (Å²) in [5, 5.41) is 3.10. The Morgan fingerprint density at radius 3 is 2.30 bits per heavy atom. The molecule has 1 atom stereocenters. The number of halogens is 2. The van der Waals surface area contributed by atoms with Crippen molar-refractivity contribution in [2.75, 3.05) is 24.3 Å². The number of aromatic nitrogens is 2. The third kappa shape index (κ3) is 3.40. The van der Waals surface area contributed by atoms with E-state index in [1.165, 1.54) is 18.5 Å². The largest absolute Gasteiger partial charge is 0.363 e. The minimum absolute atomic E-state index is 0.273. The van der Waals surface area contributed by atoms with Gasteiger partial charge in [-0.2, -0.15) is 0 Å². The Morgan fingerprint density at radius 2 is 1.70 bits per heavy atom. The minimum atomic E-state index is -0.592. The predicted molar refractivity (Wildman–Crippen MR) is 74.8 cm³/mol. The van der Waals surface area contributed by atoms with E-state index in [4.69, 9.17) is 0 Å². The summed E-state index contributed by atoms with van der Waals surface area (Å²) in [6, 6.07) is 4.95. The molecule has 0 aliphatic heterocycles. The van der Waals surface area contributed by atoms with E-state index in [9.17, 15) is 8.78 Å². The highest BCUT2D eigenvalue weighted by Gasteiger charge is 2.10. The van der Waals surface area contributed by atoms with Crippen molar-refractivity contribution in [2.45, 2.75) is 13.0 Å². The lowest BCUT2D eigenvalue weighted by molar-refractivity contribution is 0.577. The van der Waals surface area contributed by atoms with Crippen molar-refractivity contribution in [1.82, 2.24) is 9.97 Å². The maximum atomic E-state index is 13.2. The van der Waals surface area contributed by atoms with Gasteiger partial charge in [-0.05, 0) is 24.6 Å². The summed E-state index contributed by atoms with van der Waals surface area (Å²) in [7, 11) is 3.75. The molecule has 106 valence electrons. The third-order valence-corrected chi connectivity index (χ3v) is 2.86. The van der Waals surface area contributed by atoms with Gasteiger partial charge in [0.1, 0.15) is 29.6 Å². The van der Waals surface area contributed by atoms with Crippen molar-refractivity contribution in [3.63, 3.8) is 0 Å². The van der Waals surface area contributed by atoms with E-state index < -0.39 is 11.6 Å². The summed E-state index contributed by atoms with van der Waals surface area (Å²) < 4.78 is 26.4. The van der Waals surface area contributed by atoms with E-state index in [1.807, 2.05) is 25.9 Å². The monoisotopic (exact) mass is 278 g/mol. The standard InChI is InChI=1S/C14H16F2N4/c1-9(10-4-11(15)6-12(16)5-10)19-13-7-14(20(2)3)18-8-17-13/h4-9H,1-3H3,(H,17,18,19). The van der Waals surface area contributed by atoms with E-state index in [2.05, 4.69) is 15.3 Å². The lowest BCUT2D eigenvalue weighted by Crippen LogP contribution is -2.13. The zero-order chi connectivity index (χ0) is 14.7. The van der Waals surface area contributed by atoms with Crippen LogP contribution < -0.4 is 10.2 Å². The van der Waals surface area contributed by atoms with Gasteiger partial charge < -0.3 is 10.2 Å². The fraction of sp³-hybridized carbons (Fsp3) is 0.286. The first kappa shape index (κ1) is 14.2. The van der Waals surface area contributed by atoms with Crippen molar-refractivity contribution >= 4 is 11.6 Å². The number of anilines is 2. The summed E-state index contributed by atoms with van der Waals surface area (Å²) in [4.78, 5) is 10.0. The van der Waals surface area contributed by atoms with E-state index in [0.29, 0.717) is 11.4 Å². The number of benzene rings is 1. The summed E-state index contributed by atoms with van der Waals surface area (Å²) in [6.07, 6.45) is 1.44. The summed E-state index contributed by atoms with van der Waals surface area (Å²) in [5.41, 5.74) is 0.521. The second-order valence-corrected chi connectivity index (χ2v) is 4.72. The quantitative estimate of drug-likeness (QED) is 0.933. The molecule has 1 aromatic carbocycles. The average molecular weight is 278 g/mol. The summed E-state index contributed by atoms with van der Waals surface area (Å²) >= 11 is 0. The second kappa shape index (κ2) is 5.81. The topological polar surface area (TPSA) is 41.0 Å². The number of nitrogens with one attached hydrogen (secondary N) is 1. The summed E-state index contributed by atoms with van der Waals surface area (Å²) in [6.45, 7) is 1.81. The van der Waals surface area contributed by atoms with Crippen molar-refractivity contribution in [2.24, 2.45) is 0 Å². The SMILES string of the molecule is CC(Nc1cc(N(C)C)ncn1)c1cc(F)cc(F)c1. The lowest BCUT2D eigenvalue weighted by Gasteiger charge is -2.17. The molecule has 6 heteroatoms. The van der Waals surface area contributed by atoms with Gasteiger partial charge in [-0.1, -0.05) is 0 Å². The maximum Gasteiger partial charge on any atom is 0.133 e. The number of rotatable bonds is 4. The van der Waals surface area contributed by atoms with Gasteiger partial charge in [0, 0.05) is 26.2 Å².